The van der Waals surface area contributed by atoms with Gasteiger partial charge in [-0.1, -0.05) is 12.2 Å². The van der Waals surface area contributed by atoms with Gasteiger partial charge in [0.25, 0.3) is 0 Å². The molecule has 2 heterocycles. The first-order valence-electron chi connectivity index (χ1n) is 4.18. The van der Waals surface area contributed by atoms with Crippen LogP contribution in [0.4, 0.5) is 0 Å². The predicted octanol–water partition coefficient (Wildman–Crippen LogP) is 0.623. The Kier molecular flexibility index (Phi) is 1.25. The van der Waals surface area contributed by atoms with Crippen molar-refractivity contribution in [2.75, 3.05) is 13.2 Å². The van der Waals surface area contributed by atoms with E-state index >= 15 is 0 Å². The smallest absolute Gasteiger partial charge is 0.220 e. The van der Waals surface area contributed by atoms with Gasteiger partial charge in [-0.15, -0.1) is 0 Å². The van der Waals surface area contributed by atoms with Crippen molar-refractivity contribution in [2.24, 2.45) is 0 Å². The quantitative estimate of drug-likeness (QED) is 0.576. The number of allylic oxidation sites excluding steroid dienone is 2. The summed E-state index contributed by atoms with van der Waals surface area (Å²) < 4.78 is 16.0. The van der Waals surface area contributed by atoms with Crippen LogP contribution in [0.25, 0.3) is 0 Å². The van der Waals surface area contributed by atoms with E-state index in [9.17, 15) is 0 Å². The first kappa shape index (κ1) is 6.83. The lowest BCUT2D eigenvalue weighted by Crippen LogP contribution is -2.20. The third-order valence-corrected chi connectivity index (χ3v) is 2.27. The van der Waals surface area contributed by atoms with Crippen LogP contribution in [0.5, 0.6) is 0 Å². The topological polar surface area (TPSA) is 34.3 Å². The maximum absolute atomic E-state index is 5.58. The predicted molar refractivity (Wildman–Crippen MR) is 41.6 cm³/mol. The van der Waals surface area contributed by atoms with Crippen LogP contribution in [0, 0.1) is 0 Å². The maximum Gasteiger partial charge on any atom is 0.220 e. The van der Waals surface area contributed by atoms with E-state index in [1.807, 2.05) is 24.3 Å². The highest BCUT2D eigenvalue weighted by molar-refractivity contribution is 5.27. The molecule has 64 valence electrons. The Morgan fingerprint density at radius 3 is 3.17 bits per heavy atom. The fourth-order valence-corrected chi connectivity index (χ4v) is 1.38. The van der Waals surface area contributed by atoms with Crippen LogP contribution in [0.2, 0.25) is 0 Å². The Bertz CT molecular complexity index is 254. The van der Waals surface area contributed by atoms with Gasteiger partial charge in [-0.05, 0) is 12.2 Å². The monoisotopic (exact) mass is 166 g/mol. The summed E-state index contributed by atoms with van der Waals surface area (Å²) in [6, 6.07) is 0. The van der Waals surface area contributed by atoms with Crippen molar-refractivity contribution >= 4 is 0 Å². The molecule has 1 aliphatic carbocycles. The van der Waals surface area contributed by atoms with Gasteiger partial charge in [-0.25, -0.2) is 0 Å². The van der Waals surface area contributed by atoms with E-state index in [0.717, 1.165) is 6.61 Å². The van der Waals surface area contributed by atoms with E-state index in [2.05, 4.69) is 0 Å². The molecule has 3 unspecified atom stereocenters. The molecule has 3 atom stereocenters. The Labute approximate surface area is 70.6 Å². The Hall–Kier alpha value is -0.640. The number of epoxide rings is 2. The molecule has 0 spiro atoms. The van der Waals surface area contributed by atoms with Gasteiger partial charge in [0.05, 0.1) is 13.2 Å². The summed E-state index contributed by atoms with van der Waals surface area (Å²) in [6.45, 7) is 1.48. The highest BCUT2D eigenvalue weighted by atomic mass is 16.8. The number of rotatable bonds is 3. The molecule has 12 heavy (non-hydrogen) atoms. The van der Waals surface area contributed by atoms with E-state index in [-0.39, 0.29) is 6.10 Å². The van der Waals surface area contributed by atoms with Crippen molar-refractivity contribution in [2.45, 2.75) is 18.0 Å². The van der Waals surface area contributed by atoms with Gasteiger partial charge in [-0.2, -0.15) is 0 Å². The van der Waals surface area contributed by atoms with Crippen molar-refractivity contribution in [1.82, 2.24) is 0 Å². The second-order valence-electron chi connectivity index (χ2n) is 3.27. The average molecular weight is 166 g/mol. The fraction of sp³-hybridized carbons (Fsp3) is 0.556. The molecule has 0 aromatic rings. The molecule has 0 amide bonds. The molecule has 2 saturated heterocycles. The van der Waals surface area contributed by atoms with E-state index in [4.69, 9.17) is 14.2 Å². The first-order valence-corrected chi connectivity index (χ1v) is 4.18. The highest BCUT2D eigenvalue weighted by Crippen LogP contribution is 2.42. The zero-order valence-electron chi connectivity index (χ0n) is 6.60. The fourth-order valence-electron chi connectivity index (χ4n) is 1.38. The summed E-state index contributed by atoms with van der Waals surface area (Å²) in [5, 5.41) is 0. The standard InChI is InChI=1S/C9H10O3/c1-2-4-9(8(3-1)12-9)11-6-7-5-10-7/h1-4,7-8H,5-6H2. The third-order valence-electron chi connectivity index (χ3n) is 2.27. The molecule has 3 aliphatic rings. The van der Waals surface area contributed by atoms with Crippen LogP contribution >= 0.6 is 0 Å². The normalized spacial score (nSPS) is 47.3. The van der Waals surface area contributed by atoms with E-state index in [1.54, 1.807) is 0 Å². The molecule has 3 heteroatoms. The van der Waals surface area contributed by atoms with Crippen molar-refractivity contribution < 1.29 is 14.2 Å². The van der Waals surface area contributed by atoms with Gasteiger partial charge >= 0.3 is 0 Å². The summed E-state index contributed by atoms with van der Waals surface area (Å²) in [5.41, 5.74) is 0. The zero-order valence-corrected chi connectivity index (χ0v) is 6.60. The third kappa shape index (κ3) is 1.02. The summed E-state index contributed by atoms with van der Waals surface area (Å²) in [5.74, 6) is -0.430. The second-order valence-corrected chi connectivity index (χ2v) is 3.27. The van der Waals surface area contributed by atoms with Crippen molar-refractivity contribution in [3.05, 3.63) is 24.3 Å². The van der Waals surface area contributed by atoms with Crippen molar-refractivity contribution in [3.63, 3.8) is 0 Å². The van der Waals surface area contributed by atoms with Crippen LogP contribution in [-0.4, -0.2) is 31.2 Å². The van der Waals surface area contributed by atoms with E-state index < -0.39 is 5.79 Å². The summed E-state index contributed by atoms with van der Waals surface area (Å²) in [6.07, 6.45) is 8.35. The lowest BCUT2D eigenvalue weighted by Gasteiger charge is -2.08. The van der Waals surface area contributed by atoms with Gasteiger partial charge in [-0.3, -0.25) is 0 Å². The molecular formula is C9H10O3. The number of hydrogen-bond donors (Lipinski definition) is 0. The second kappa shape index (κ2) is 2.19. The molecule has 0 saturated carbocycles. The first-order chi connectivity index (χ1) is 5.89. The molecule has 0 bridgehead atoms. The molecule has 0 N–H and O–H groups in total. The molecule has 2 aliphatic heterocycles. The van der Waals surface area contributed by atoms with E-state index in [1.165, 1.54) is 0 Å². The Morgan fingerprint density at radius 2 is 2.42 bits per heavy atom. The lowest BCUT2D eigenvalue weighted by molar-refractivity contribution is -0.0149. The zero-order chi connectivity index (χ0) is 8.02. The molecule has 3 rings (SSSR count). The number of hydrogen-bond acceptors (Lipinski definition) is 3. The van der Waals surface area contributed by atoms with Crippen LogP contribution in [0.1, 0.15) is 0 Å². The van der Waals surface area contributed by atoms with Crippen LogP contribution < -0.4 is 0 Å². The Balaban J connectivity index is 1.61. The average Bonchev–Trinajstić information content (AvgIpc) is 2.98. The Morgan fingerprint density at radius 1 is 1.50 bits per heavy atom. The van der Waals surface area contributed by atoms with Crippen LogP contribution in [0.3, 0.4) is 0 Å². The van der Waals surface area contributed by atoms with Crippen LogP contribution in [-0.2, 0) is 14.2 Å². The van der Waals surface area contributed by atoms with E-state index in [0.29, 0.717) is 12.7 Å². The van der Waals surface area contributed by atoms with Crippen molar-refractivity contribution in [3.8, 4) is 0 Å². The minimum Gasteiger partial charge on any atom is -0.371 e. The summed E-state index contributed by atoms with van der Waals surface area (Å²) in [7, 11) is 0. The summed E-state index contributed by atoms with van der Waals surface area (Å²) >= 11 is 0. The minimum atomic E-state index is -0.430. The van der Waals surface area contributed by atoms with Gasteiger partial charge in [0.15, 0.2) is 0 Å². The van der Waals surface area contributed by atoms with Crippen molar-refractivity contribution in [1.29, 1.82) is 0 Å². The molecule has 0 radical (unpaired) electrons. The molecule has 0 aromatic heterocycles. The van der Waals surface area contributed by atoms with Gasteiger partial charge in [0.1, 0.15) is 12.2 Å². The SMILES string of the molecule is C1=CC2OC2(OCC2CO2)C=C1. The van der Waals surface area contributed by atoms with Gasteiger partial charge < -0.3 is 14.2 Å². The molecule has 3 nitrogen and oxygen atoms in total. The van der Waals surface area contributed by atoms with Gasteiger partial charge in [0.2, 0.25) is 5.79 Å². The summed E-state index contributed by atoms with van der Waals surface area (Å²) in [4.78, 5) is 0. The maximum atomic E-state index is 5.58. The van der Waals surface area contributed by atoms with Gasteiger partial charge in [0, 0.05) is 0 Å². The molecule has 2 fully saturated rings. The molecule has 0 aromatic carbocycles. The lowest BCUT2D eigenvalue weighted by atomic mass is 10.1. The number of ether oxygens (including phenoxy) is 3. The largest absolute Gasteiger partial charge is 0.371 e. The molecular weight excluding hydrogens is 156 g/mol. The minimum absolute atomic E-state index is 0.140. The van der Waals surface area contributed by atoms with Crippen LogP contribution in [0.15, 0.2) is 24.3 Å². The number of fused-ring (bicyclic) bond motifs is 1. The highest BCUT2D eigenvalue weighted by Gasteiger charge is 2.56.